The fraction of sp³-hybridized carbons (Fsp3) is 0.562. The summed E-state index contributed by atoms with van der Waals surface area (Å²) in [6.07, 6.45) is -0.427. The molecule has 1 atom stereocenters. The van der Waals surface area contributed by atoms with Crippen molar-refractivity contribution >= 4 is 39.1 Å². The van der Waals surface area contributed by atoms with E-state index in [1.165, 1.54) is 4.90 Å². The molecule has 1 heterocycles. The summed E-state index contributed by atoms with van der Waals surface area (Å²) in [5.74, 6) is -0.0848. The first kappa shape index (κ1) is 20.3. The van der Waals surface area contributed by atoms with Gasteiger partial charge in [0.05, 0.1) is 20.7 Å². The molecule has 2 rings (SSSR count). The van der Waals surface area contributed by atoms with Crippen molar-refractivity contribution in [1.82, 2.24) is 10.2 Å². The van der Waals surface area contributed by atoms with E-state index in [1.54, 1.807) is 40.0 Å². The van der Waals surface area contributed by atoms with E-state index in [0.29, 0.717) is 18.7 Å². The van der Waals surface area contributed by atoms with Gasteiger partial charge in [0.25, 0.3) is 0 Å². The predicted octanol–water partition coefficient (Wildman–Crippen LogP) is 3.28. The molecule has 140 valence electrons. The lowest BCUT2D eigenvalue weighted by Crippen LogP contribution is -2.38. The van der Waals surface area contributed by atoms with Gasteiger partial charge in [-0.05, 0) is 32.4 Å². The zero-order valence-corrected chi connectivity index (χ0v) is 16.9. The van der Waals surface area contributed by atoms with E-state index in [0.717, 1.165) is 0 Å². The second-order valence-electron chi connectivity index (χ2n) is 6.97. The fourth-order valence-corrected chi connectivity index (χ4v) is 5.13. The zero-order chi connectivity index (χ0) is 19.0. The summed E-state index contributed by atoms with van der Waals surface area (Å²) in [6.45, 7) is 6.18. The first-order chi connectivity index (χ1) is 11.4. The van der Waals surface area contributed by atoms with Crippen LogP contribution < -0.4 is 5.32 Å². The first-order valence-electron chi connectivity index (χ1n) is 7.80. The predicted molar refractivity (Wildman–Crippen MR) is 98.1 cm³/mol. The van der Waals surface area contributed by atoms with Gasteiger partial charge in [-0.3, -0.25) is 0 Å². The zero-order valence-electron chi connectivity index (χ0n) is 14.6. The number of nitrogens with one attached hydrogen (secondary N) is 1. The molecule has 1 aliphatic rings. The highest BCUT2D eigenvalue weighted by atomic mass is 35.5. The highest BCUT2D eigenvalue weighted by Gasteiger charge is 2.37. The maximum absolute atomic E-state index is 12.3. The molecular formula is C16H22Cl2N2O4S. The SMILES string of the molecule is CN(CCNC1CS(=O)(=O)c2c1ccc(Cl)c2Cl)C(=O)OC(C)(C)C. The van der Waals surface area contributed by atoms with Crippen LogP contribution in [0.4, 0.5) is 4.79 Å². The Morgan fingerprint density at radius 2 is 2.00 bits per heavy atom. The van der Waals surface area contributed by atoms with E-state index >= 15 is 0 Å². The molecule has 1 aromatic carbocycles. The number of rotatable bonds is 4. The minimum absolute atomic E-state index is 0.0642. The van der Waals surface area contributed by atoms with Gasteiger partial charge in [0.1, 0.15) is 5.60 Å². The maximum Gasteiger partial charge on any atom is 0.410 e. The number of halogens is 2. The number of amides is 1. The smallest absolute Gasteiger partial charge is 0.410 e. The molecule has 1 aromatic rings. The molecule has 0 aromatic heterocycles. The maximum atomic E-state index is 12.3. The van der Waals surface area contributed by atoms with Crippen molar-refractivity contribution in [2.45, 2.75) is 37.3 Å². The van der Waals surface area contributed by atoms with E-state index in [1.807, 2.05) is 0 Å². The van der Waals surface area contributed by atoms with Gasteiger partial charge < -0.3 is 15.0 Å². The van der Waals surface area contributed by atoms with Gasteiger partial charge in [-0.15, -0.1) is 0 Å². The number of benzene rings is 1. The summed E-state index contributed by atoms with van der Waals surface area (Å²) in [4.78, 5) is 13.5. The van der Waals surface area contributed by atoms with Crippen molar-refractivity contribution in [2.75, 3.05) is 25.9 Å². The molecule has 0 saturated carbocycles. The number of sulfone groups is 1. The van der Waals surface area contributed by atoms with Gasteiger partial charge >= 0.3 is 6.09 Å². The van der Waals surface area contributed by atoms with Gasteiger partial charge in [0, 0.05) is 26.2 Å². The van der Waals surface area contributed by atoms with E-state index < -0.39 is 21.5 Å². The van der Waals surface area contributed by atoms with Crippen molar-refractivity contribution in [3.8, 4) is 0 Å². The summed E-state index contributed by atoms with van der Waals surface area (Å²) in [5, 5.41) is 3.44. The van der Waals surface area contributed by atoms with Crippen molar-refractivity contribution < 1.29 is 17.9 Å². The lowest BCUT2D eigenvalue weighted by molar-refractivity contribution is 0.0299. The lowest BCUT2D eigenvalue weighted by Gasteiger charge is -2.25. The van der Waals surface area contributed by atoms with Crippen molar-refractivity contribution in [1.29, 1.82) is 0 Å². The van der Waals surface area contributed by atoms with Gasteiger partial charge in [0.2, 0.25) is 0 Å². The third-order valence-electron chi connectivity index (χ3n) is 3.70. The average molecular weight is 409 g/mol. The normalized spacial score (nSPS) is 18.7. The topological polar surface area (TPSA) is 75.7 Å². The van der Waals surface area contributed by atoms with E-state index in [-0.39, 0.29) is 26.7 Å². The number of ether oxygens (including phenoxy) is 1. The molecule has 1 aliphatic heterocycles. The quantitative estimate of drug-likeness (QED) is 0.826. The van der Waals surface area contributed by atoms with Crippen LogP contribution in [0, 0.1) is 0 Å². The van der Waals surface area contributed by atoms with Crippen LogP contribution in [-0.2, 0) is 14.6 Å². The molecule has 0 spiro atoms. The molecule has 0 aliphatic carbocycles. The van der Waals surface area contributed by atoms with Crippen LogP contribution in [0.2, 0.25) is 10.0 Å². The molecule has 1 amide bonds. The highest BCUT2D eigenvalue weighted by Crippen LogP contribution is 2.41. The Labute approximate surface area is 158 Å². The average Bonchev–Trinajstić information content (AvgIpc) is 2.72. The molecule has 1 unspecified atom stereocenters. The number of hydrogen-bond donors (Lipinski definition) is 1. The minimum Gasteiger partial charge on any atom is -0.444 e. The largest absolute Gasteiger partial charge is 0.444 e. The Morgan fingerprint density at radius 1 is 1.36 bits per heavy atom. The third kappa shape index (κ3) is 4.78. The molecular weight excluding hydrogens is 387 g/mol. The Bertz CT molecular complexity index is 775. The van der Waals surface area contributed by atoms with Crippen LogP contribution in [-0.4, -0.2) is 50.9 Å². The molecule has 0 radical (unpaired) electrons. The monoisotopic (exact) mass is 408 g/mol. The summed E-state index contributed by atoms with van der Waals surface area (Å²) in [5.41, 5.74) is 0.0436. The molecule has 0 fully saturated rings. The van der Waals surface area contributed by atoms with Crippen molar-refractivity contribution in [3.63, 3.8) is 0 Å². The van der Waals surface area contributed by atoms with Crippen LogP contribution >= 0.6 is 23.2 Å². The van der Waals surface area contributed by atoms with Gasteiger partial charge in [-0.1, -0.05) is 29.3 Å². The van der Waals surface area contributed by atoms with E-state index in [4.69, 9.17) is 27.9 Å². The van der Waals surface area contributed by atoms with Gasteiger partial charge in [-0.2, -0.15) is 0 Å². The Morgan fingerprint density at radius 3 is 2.60 bits per heavy atom. The summed E-state index contributed by atoms with van der Waals surface area (Å²) in [6, 6.07) is 2.87. The van der Waals surface area contributed by atoms with Crippen molar-refractivity contribution in [2.24, 2.45) is 0 Å². The second kappa shape index (κ2) is 7.31. The molecule has 25 heavy (non-hydrogen) atoms. The second-order valence-corrected chi connectivity index (χ2v) is 9.73. The Balaban J connectivity index is 2.00. The van der Waals surface area contributed by atoms with Crippen LogP contribution in [0.3, 0.4) is 0 Å². The third-order valence-corrected chi connectivity index (χ3v) is 6.45. The van der Waals surface area contributed by atoms with Crippen LogP contribution in [0.25, 0.3) is 0 Å². The summed E-state index contributed by atoms with van der Waals surface area (Å²) >= 11 is 12.0. The van der Waals surface area contributed by atoms with Crippen LogP contribution in [0.5, 0.6) is 0 Å². The fourth-order valence-electron chi connectivity index (χ4n) is 2.54. The standard InChI is InChI=1S/C16H22Cl2N2O4S/c1-16(2,3)24-15(21)20(4)8-7-19-12-9-25(22,23)14-10(12)5-6-11(17)13(14)18/h5-6,12,19H,7-9H2,1-4H3. The number of hydrogen-bond acceptors (Lipinski definition) is 5. The minimum atomic E-state index is -3.48. The summed E-state index contributed by atoms with van der Waals surface area (Å²) < 4.78 is 29.9. The first-order valence-corrected chi connectivity index (χ1v) is 10.2. The molecule has 6 nitrogen and oxygen atoms in total. The molecule has 0 bridgehead atoms. The van der Waals surface area contributed by atoms with Crippen LogP contribution in [0.1, 0.15) is 32.4 Å². The number of carbonyl (C=O) groups excluding carboxylic acids is 1. The van der Waals surface area contributed by atoms with Gasteiger partial charge in [0.15, 0.2) is 9.84 Å². The van der Waals surface area contributed by atoms with Crippen molar-refractivity contribution in [3.05, 3.63) is 27.7 Å². The van der Waals surface area contributed by atoms with Gasteiger partial charge in [-0.25, -0.2) is 13.2 Å². The number of fused-ring (bicyclic) bond motifs is 1. The van der Waals surface area contributed by atoms with Crippen LogP contribution in [0.15, 0.2) is 17.0 Å². The number of likely N-dealkylation sites (N-methyl/N-ethyl adjacent to an activating group) is 1. The Hall–Kier alpha value is -1.02. The number of nitrogens with zero attached hydrogens (tertiary/aromatic N) is 1. The van der Waals surface area contributed by atoms with E-state index in [2.05, 4.69) is 5.32 Å². The molecule has 9 heteroatoms. The number of carbonyl (C=O) groups is 1. The highest BCUT2D eigenvalue weighted by molar-refractivity contribution is 7.92. The molecule has 0 saturated heterocycles. The lowest BCUT2D eigenvalue weighted by atomic mass is 10.1. The van der Waals surface area contributed by atoms with E-state index in [9.17, 15) is 13.2 Å². The summed E-state index contributed by atoms with van der Waals surface area (Å²) in [7, 11) is -1.85. The molecule has 1 N–H and O–H groups in total. The Kier molecular flexibility index (Phi) is 5.93.